The molecule has 2 rings (SSSR count). The van der Waals surface area contributed by atoms with E-state index in [1.165, 1.54) is 18.2 Å². The average Bonchev–Trinajstić information content (AvgIpc) is 2.37. The molecule has 0 saturated carbocycles. The lowest BCUT2D eigenvalue weighted by Gasteiger charge is -2.15. The smallest absolute Gasteiger partial charge is 0.123 e. The highest BCUT2D eigenvalue weighted by Gasteiger charge is 2.11. The summed E-state index contributed by atoms with van der Waals surface area (Å²) in [6.07, 6.45) is 2.78. The maximum Gasteiger partial charge on any atom is 0.123 e. The fourth-order valence-corrected chi connectivity index (χ4v) is 2.06. The van der Waals surface area contributed by atoms with Crippen LogP contribution in [0.2, 0.25) is 0 Å². The minimum atomic E-state index is -0.237. The summed E-state index contributed by atoms with van der Waals surface area (Å²) < 4.78 is 26.0. The molecule has 0 aliphatic carbocycles. The van der Waals surface area contributed by atoms with Crippen molar-refractivity contribution < 1.29 is 8.78 Å². The van der Waals surface area contributed by atoms with Crippen LogP contribution in [0.25, 0.3) is 0 Å². The van der Waals surface area contributed by atoms with Crippen molar-refractivity contribution in [3.8, 4) is 0 Å². The van der Waals surface area contributed by atoms with E-state index in [2.05, 4.69) is 6.42 Å². The molecule has 0 aliphatic rings. The van der Waals surface area contributed by atoms with E-state index >= 15 is 0 Å². The summed E-state index contributed by atoms with van der Waals surface area (Å²) >= 11 is 0. The Morgan fingerprint density at radius 3 is 2.33 bits per heavy atom. The molecule has 0 amide bonds. The fraction of sp³-hybridized carbons (Fsp3) is 0.188. The molecule has 0 fully saturated rings. The van der Waals surface area contributed by atoms with E-state index < -0.39 is 0 Å². The van der Waals surface area contributed by atoms with Gasteiger partial charge in [-0.3, -0.25) is 0 Å². The van der Waals surface area contributed by atoms with Crippen molar-refractivity contribution in [2.45, 2.75) is 19.3 Å². The van der Waals surface area contributed by atoms with Crippen LogP contribution in [-0.4, -0.2) is 0 Å². The zero-order valence-corrected chi connectivity index (χ0v) is 10.2. The van der Waals surface area contributed by atoms with E-state index in [-0.39, 0.29) is 17.6 Å². The van der Waals surface area contributed by atoms with Gasteiger partial charge in [0.1, 0.15) is 11.6 Å². The minimum absolute atomic E-state index is 0.174. The Morgan fingerprint density at radius 2 is 1.72 bits per heavy atom. The van der Waals surface area contributed by atoms with Crippen molar-refractivity contribution in [3.63, 3.8) is 0 Å². The van der Waals surface area contributed by atoms with Crippen LogP contribution in [0.3, 0.4) is 0 Å². The summed E-state index contributed by atoms with van der Waals surface area (Å²) in [4.78, 5) is 0. The maximum absolute atomic E-state index is 13.1. The molecule has 0 spiro atoms. The first-order valence-corrected chi connectivity index (χ1v) is 5.98. The van der Waals surface area contributed by atoms with Crippen molar-refractivity contribution in [2.75, 3.05) is 0 Å². The van der Waals surface area contributed by atoms with Crippen molar-refractivity contribution in [2.24, 2.45) is 0 Å². The molecule has 2 heteroatoms. The van der Waals surface area contributed by atoms with Gasteiger partial charge in [-0.15, -0.1) is 0 Å². The van der Waals surface area contributed by atoms with Gasteiger partial charge in [0, 0.05) is 0 Å². The van der Waals surface area contributed by atoms with Crippen LogP contribution in [-0.2, 0) is 6.42 Å². The standard InChI is InChI=1S/C16H15F2/c1-2-13(14-6-8-15(17)9-7-14)10-12-4-3-5-16(18)11-12/h2-9,11,13H,10H2,1H3. The Hall–Kier alpha value is -1.70. The van der Waals surface area contributed by atoms with Crippen LogP contribution < -0.4 is 0 Å². The predicted octanol–water partition coefficient (Wildman–Crippen LogP) is 4.52. The van der Waals surface area contributed by atoms with Gasteiger partial charge in [-0.1, -0.05) is 31.2 Å². The molecule has 18 heavy (non-hydrogen) atoms. The zero-order chi connectivity index (χ0) is 13.0. The largest absolute Gasteiger partial charge is 0.207 e. The molecule has 1 atom stereocenters. The SMILES string of the molecule is C[CH]C(Cc1cccc(F)c1)c1ccc(F)cc1. The third kappa shape index (κ3) is 3.16. The van der Waals surface area contributed by atoms with Crippen molar-refractivity contribution in [1.29, 1.82) is 0 Å². The molecule has 2 aromatic carbocycles. The second-order valence-corrected chi connectivity index (χ2v) is 4.33. The Kier molecular flexibility index (Phi) is 4.08. The molecule has 0 bridgehead atoms. The van der Waals surface area contributed by atoms with Crippen LogP contribution in [0.4, 0.5) is 8.78 Å². The van der Waals surface area contributed by atoms with Crippen LogP contribution in [0.5, 0.6) is 0 Å². The summed E-state index contributed by atoms with van der Waals surface area (Å²) in [5, 5.41) is 0. The molecule has 93 valence electrons. The number of rotatable bonds is 4. The second kappa shape index (κ2) is 5.76. The molecular formula is C16H15F2. The minimum Gasteiger partial charge on any atom is -0.207 e. The Morgan fingerprint density at radius 1 is 1.00 bits per heavy atom. The topological polar surface area (TPSA) is 0 Å². The number of hydrogen-bond acceptors (Lipinski definition) is 0. The molecule has 1 unspecified atom stereocenters. The highest BCUT2D eigenvalue weighted by molar-refractivity contribution is 5.27. The van der Waals surface area contributed by atoms with Crippen LogP contribution in [0, 0.1) is 18.1 Å². The third-order valence-corrected chi connectivity index (χ3v) is 3.05. The van der Waals surface area contributed by atoms with Gasteiger partial charge < -0.3 is 0 Å². The lowest BCUT2D eigenvalue weighted by molar-refractivity contribution is 0.622. The summed E-state index contributed by atoms with van der Waals surface area (Å²) in [5.41, 5.74) is 1.99. The molecule has 0 saturated heterocycles. The first-order chi connectivity index (χ1) is 8.69. The van der Waals surface area contributed by atoms with E-state index in [0.717, 1.165) is 17.5 Å². The van der Waals surface area contributed by atoms with E-state index in [1.807, 2.05) is 13.0 Å². The van der Waals surface area contributed by atoms with Gasteiger partial charge in [0.25, 0.3) is 0 Å². The number of benzene rings is 2. The van der Waals surface area contributed by atoms with Gasteiger partial charge in [0.2, 0.25) is 0 Å². The number of halogens is 2. The monoisotopic (exact) mass is 245 g/mol. The molecular weight excluding hydrogens is 230 g/mol. The van der Waals surface area contributed by atoms with Gasteiger partial charge in [0.15, 0.2) is 0 Å². The van der Waals surface area contributed by atoms with Gasteiger partial charge in [0.05, 0.1) is 0 Å². The van der Waals surface area contributed by atoms with E-state index in [1.54, 1.807) is 24.3 Å². The number of hydrogen-bond donors (Lipinski definition) is 0. The van der Waals surface area contributed by atoms with Crippen LogP contribution in [0.1, 0.15) is 24.0 Å². The molecule has 0 aromatic heterocycles. The summed E-state index contributed by atoms with van der Waals surface area (Å²) in [6.45, 7) is 1.97. The quantitative estimate of drug-likeness (QED) is 0.743. The highest BCUT2D eigenvalue weighted by atomic mass is 19.1. The summed E-state index contributed by atoms with van der Waals surface area (Å²) in [5.74, 6) is -0.284. The fourth-order valence-electron chi connectivity index (χ4n) is 2.06. The first kappa shape index (κ1) is 12.7. The van der Waals surface area contributed by atoms with Crippen molar-refractivity contribution in [3.05, 3.63) is 77.7 Å². The van der Waals surface area contributed by atoms with Crippen molar-refractivity contribution >= 4 is 0 Å². The van der Waals surface area contributed by atoms with Gasteiger partial charge in [-0.05, 0) is 54.2 Å². The Balaban J connectivity index is 2.17. The second-order valence-electron chi connectivity index (χ2n) is 4.33. The van der Waals surface area contributed by atoms with Crippen LogP contribution in [0.15, 0.2) is 48.5 Å². The Bertz CT molecular complexity index is 503. The van der Waals surface area contributed by atoms with E-state index in [9.17, 15) is 8.78 Å². The van der Waals surface area contributed by atoms with E-state index in [0.29, 0.717) is 0 Å². The molecule has 0 N–H and O–H groups in total. The molecule has 0 nitrogen and oxygen atoms in total. The van der Waals surface area contributed by atoms with Gasteiger partial charge >= 0.3 is 0 Å². The third-order valence-electron chi connectivity index (χ3n) is 3.05. The maximum atomic E-state index is 13.1. The Labute approximate surface area is 106 Å². The van der Waals surface area contributed by atoms with Crippen LogP contribution >= 0.6 is 0 Å². The molecule has 0 aliphatic heterocycles. The van der Waals surface area contributed by atoms with E-state index in [4.69, 9.17) is 0 Å². The average molecular weight is 245 g/mol. The van der Waals surface area contributed by atoms with Gasteiger partial charge in [-0.2, -0.15) is 0 Å². The summed E-state index contributed by atoms with van der Waals surface area (Å²) in [6, 6.07) is 13.1. The zero-order valence-electron chi connectivity index (χ0n) is 10.2. The first-order valence-electron chi connectivity index (χ1n) is 5.98. The highest BCUT2D eigenvalue weighted by Crippen LogP contribution is 2.24. The lowest BCUT2D eigenvalue weighted by Crippen LogP contribution is -2.02. The molecule has 0 heterocycles. The molecule has 1 radical (unpaired) electrons. The summed E-state index contributed by atoms with van der Waals surface area (Å²) in [7, 11) is 0. The molecule has 2 aromatic rings. The predicted molar refractivity (Wildman–Crippen MR) is 69.2 cm³/mol. The van der Waals surface area contributed by atoms with Gasteiger partial charge in [-0.25, -0.2) is 8.78 Å². The van der Waals surface area contributed by atoms with Crippen molar-refractivity contribution in [1.82, 2.24) is 0 Å². The normalized spacial score (nSPS) is 12.4. The lowest BCUT2D eigenvalue weighted by atomic mass is 9.90.